The monoisotopic (exact) mass is 390 g/mol. The van der Waals surface area contributed by atoms with E-state index in [9.17, 15) is 4.79 Å². The molecule has 0 radical (unpaired) electrons. The van der Waals surface area contributed by atoms with Crippen LogP contribution >= 0.6 is 0 Å². The van der Waals surface area contributed by atoms with Crippen molar-refractivity contribution in [2.24, 2.45) is 0 Å². The minimum Gasteiger partial charge on any atom is -0.367 e. The van der Waals surface area contributed by atoms with Crippen LogP contribution in [0.25, 0.3) is 22.2 Å². The Morgan fingerprint density at radius 3 is 2.69 bits per heavy atom. The van der Waals surface area contributed by atoms with Crippen molar-refractivity contribution in [2.45, 2.75) is 25.3 Å². The molecule has 2 fully saturated rings. The number of rotatable bonds is 4. The maximum absolute atomic E-state index is 12.7. The Labute approximate surface area is 170 Å². The number of aromatic amines is 1. The van der Waals surface area contributed by atoms with Gasteiger partial charge in [-0.05, 0) is 24.9 Å². The summed E-state index contributed by atoms with van der Waals surface area (Å²) in [4.78, 5) is 21.7. The largest absolute Gasteiger partial charge is 0.367 e. The van der Waals surface area contributed by atoms with E-state index in [0.717, 1.165) is 67.0 Å². The topological polar surface area (TPSA) is 77.2 Å². The highest BCUT2D eigenvalue weighted by Gasteiger charge is 2.27. The van der Waals surface area contributed by atoms with Crippen molar-refractivity contribution in [2.75, 3.05) is 37.6 Å². The van der Waals surface area contributed by atoms with Gasteiger partial charge in [-0.1, -0.05) is 30.3 Å². The van der Waals surface area contributed by atoms with E-state index in [2.05, 4.69) is 37.5 Å². The van der Waals surface area contributed by atoms with Crippen LogP contribution in [0.4, 0.5) is 5.69 Å². The zero-order chi connectivity index (χ0) is 19.6. The summed E-state index contributed by atoms with van der Waals surface area (Å²) < 4.78 is 0. The Kier molecular flexibility index (Phi) is 4.89. The number of amides is 1. The van der Waals surface area contributed by atoms with Crippen molar-refractivity contribution in [3.05, 3.63) is 42.7 Å². The summed E-state index contributed by atoms with van der Waals surface area (Å²) in [6, 6.07) is 10.7. The van der Waals surface area contributed by atoms with Crippen molar-refractivity contribution in [1.29, 1.82) is 0 Å². The molecule has 2 aliphatic rings. The van der Waals surface area contributed by atoms with Gasteiger partial charge in [-0.3, -0.25) is 9.89 Å². The van der Waals surface area contributed by atoms with Gasteiger partial charge in [-0.25, -0.2) is 4.98 Å². The average molecular weight is 390 g/mol. The number of benzene rings is 1. The number of aromatic nitrogens is 3. The summed E-state index contributed by atoms with van der Waals surface area (Å²) in [6.07, 6.45) is 6.69. The molecule has 7 nitrogen and oxygen atoms in total. The van der Waals surface area contributed by atoms with Crippen molar-refractivity contribution in [3.63, 3.8) is 0 Å². The van der Waals surface area contributed by atoms with E-state index < -0.39 is 0 Å². The number of nitrogens with zero attached hydrogens (tertiary/aromatic N) is 4. The van der Waals surface area contributed by atoms with Crippen LogP contribution < -0.4 is 10.2 Å². The van der Waals surface area contributed by atoms with Crippen molar-refractivity contribution in [3.8, 4) is 11.1 Å². The predicted molar refractivity (Wildman–Crippen MR) is 114 cm³/mol. The third-order valence-corrected chi connectivity index (χ3v) is 6.07. The fourth-order valence-electron chi connectivity index (χ4n) is 4.51. The number of hydrogen-bond donors (Lipinski definition) is 2. The summed E-state index contributed by atoms with van der Waals surface area (Å²) in [5, 5.41) is 11.7. The molecule has 0 saturated carbocycles. The number of carbonyl (C=O) groups is 1. The van der Waals surface area contributed by atoms with Crippen LogP contribution in [-0.2, 0) is 4.79 Å². The smallest absolute Gasteiger partial charge is 0.224 e. The molecule has 2 N–H and O–H groups in total. The lowest BCUT2D eigenvalue weighted by Crippen LogP contribution is -2.49. The number of piperazine rings is 1. The van der Waals surface area contributed by atoms with Crippen LogP contribution in [0.1, 0.15) is 19.3 Å². The Morgan fingerprint density at radius 2 is 1.93 bits per heavy atom. The van der Waals surface area contributed by atoms with E-state index in [-0.39, 0.29) is 5.91 Å². The van der Waals surface area contributed by atoms with Crippen LogP contribution in [0.3, 0.4) is 0 Å². The second kappa shape index (κ2) is 7.83. The average Bonchev–Trinajstić information content (AvgIpc) is 3.45. The molecule has 7 heteroatoms. The van der Waals surface area contributed by atoms with Crippen LogP contribution in [0, 0.1) is 0 Å². The predicted octanol–water partition coefficient (Wildman–Crippen LogP) is 2.42. The Bertz CT molecular complexity index is 987. The fraction of sp³-hybridized carbons (Fsp3) is 0.409. The maximum Gasteiger partial charge on any atom is 0.224 e. The lowest BCUT2D eigenvalue weighted by molar-refractivity contribution is -0.131. The fourth-order valence-corrected chi connectivity index (χ4v) is 4.51. The Morgan fingerprint density at radius 1 is 1.10 bits per heavy atom. The normalized spacial score (nSPS) is 19.8. The Hall–Kier alpha value is -2.93. The summed E-state index contributed by atoms with van der Waals surface area (Å²) >= 11 is 0. The number of pyridine rings is 1. The van der Waals surface area contributed by atoms with E-state index in [4.69, 9.17) is 0 Å². The van der Waals surface area contributed by atoms with Gasteiger partial charge >= 0.3 is 0 Å². The molecule has 5 rings (SSSR count). The zero-order valence-electron chi connectivity index (χ0n) is 16.5. The zero-order valence-corrected chi connectivity index (χ0v) is 16.5. The number of hydrogen-bond acceptors (Lipinski definition) is 5. The van der Waals surface area contributed by atoms with Gasteiger partial charge in [0.1, 0.15) is 0 Å². The summed E-state index contributed by atoms with van der Waals surface area (Å²) in [5.74, 6) is 0.274. The quantitative estimate of drug-likeness (QED) is 0.715. The molecule has 1 atom stereocenters. The molecule has 2 saturated heterocycles. The van der Waals surface area contributed by atoms with Crippen LogP contribution in [-0.4, -0.2) is 64.8 Å². The SMILES string of the molecule is O=C(CC1CCCN1)N1CCN(c2c(-c3ccccc3)cnc3[nH]ncc23)CC1. The molecule has 29 heavy (non-hydrogen) atoms. The third kappa shape index (κ3) is 3.58. The second-order valence-electron chi connectivity index (χ2n) is 7.88. The maximum atomic E-state index is 12.7. The van der Waals surface area contributed by atoms with Crippen LogP contribution in [0.5, 0.6) is 0 Å². The molecular formula is C22H26N6O. The molecule has 0 spiro atoms. The molecule has 2 aliphatic heterocycles. The molecule has 1 unspecified atom stereocenters. The number of fused-ring (bicyclic) bond motifs is 1. The van der Waals surface area contributed by atoms with Crippen molar-refractivity contribution >= 4 is 22.6 Å². The standard InChI is InChI=1S/C22H26N6O/c29-20(13-17-7-4-8-23-17)27-9-11-28(12-10-27)21-18(16-5-2-1-3-6-16)14-24-22-19(21)15-25-26-22/h1-3,5-6,14-15,17,23H,4,7-13H2,(H,24,25,26). The van der Waals surface area contributed by atoms with Gasteiger partial charge in [0.05, 0.1) is 17.3 Å². The third-order valence-electron chi connectivity index (χ3n) is 6.07. The van der Waals surface area contributed by atoms with Crippen LogP contribution in [0.15, 0.2) is 42.7 Å². The van der Waals surface area contributed by atoms with Gasteiger partial charge in [-0.15, -0.1) is 0 Å². The van der Waals surface area contributed by atoms with Crippen LogP contribution in [0.2, 0.25) is 0 Å². The van der Waals surface area contributed by atoms with Gasteiger partial charge in [0.25, 0.3) is 0 Å². The van der Waals surface area contributed by atoms with Gasteiger partial charge in [0.15, 0.2) is 5.65 Å². The minimum atomic E-state index is 0.274. The van der Waals surface area contributed by atoms with Gasteiger partial charge in [0.2, 0.25) is 5.91 Å². The first kappa shape index (κ1) is 18.1. The van der Waals surface area contributed by atoms with E-state index >= 15 is 0 Å². The van der Waals surface area contributed by atoms with E-state index in [1.165, 1.54) is 6.42 Å². The molecule has 0 aliphatic carbocycles. The second-order valence-corrected chi connectivity index (χ2v) is 7.88. The number of nitrogens with one attached hydrogen (secondary N) is 2. The molecule has 150 valence electrons. The first-order chi connectivity index (χ1) is 14.3. The molecule has 2 aromatic heterocycles. The summed E-state index contributed by atoms with van der Waals surface area (Å²) in [6.45, 7) is 4.17. The Balaban J connectivity index is 1.37. The molecule has 1 amide bonds. The first-order valence-corrected chi connectivity index (χ1v) is 10.4. The number of H-pyrrole nitrogens is 1. The molecule has 0 bridgehead atoms. The lowest BCUT2D eigenvalue weighted by atomic mass is 10.0. The highest BCUT2D eigenvalue weighted by atomic mass is 16.2. The van der Waals surface area contributed by atoms with Crippen molar-refractivity contribution < 1.29 is 4.79 Å². The van der Waals surface area contributed by atoms with Crippen molar-refractivity contribution in [1.82, 2.24) is 25.4 Å². The number of anilines is 1. The molecular weight excluding hydrogens is 364 g/mol. The highest BCUT2D eigenvalue weighted by Crippen LogP contribution is 2.36. The minimum absolute atomic E-state index is 0.274. The van der Waals surface area contributed by atoms with Gasteiger partial charge in [-0.2, -0.15) is 5.10 Å². The molecule has 4 heterocycles. The van der Waals surface area contributed by atoms with Gasteiger partial charge in [0, 0.05) is 50.4 Å². The first-order valence-electron chi connectivity index (χ1n) is 10.4. The highest BCUT2D eigenvalue weighted by molar-refractivity contribution is 5.98. The van der Waals surface area contributed by atoms with E-state index in [1.807, 2.05) is 35.5 Å². The number of carbonyl (C=O) groups excluding carboxylic acids is 1. The lowest BCUT2D eigenvalue weighted by Gasteiger charge is -2.37. The summed E-state index contributed by atoms with van der Waals surface area (Å²) in [7, 11) is 0. The molecule has 3 aromatic rings. The van der Waals surface area contributed by atoms with E-state index in [1.54, 1.807) is 0 Å². The molecule has 1 aromatic carbocycles. The van der Waals surface area contributed by atoms with Gasteiger partial charge < -0.3 is 15.1 Å². The van der Waals surface area contributed by atoms with E-state index in [0.29, 0.717) is 12.5 Å². The summed E-state index contributed by atoms with van der Waals surface area (Å²) in [5.41, 5.74) is 4.20.